The molecule has 0 spiro atoms. The summed E-state index contributed by atoms with van der Waals surface area (Å²) < 4.78 is 11.8. The Morgan fingerprint density at radius 3 is 2.57 bits per heavy atom. The minimum absolute atomic E-state index is 0.0770. The summed E-state index contributed by atoms with van der Waals surface area (Å²) in [5.41, 5.74) is 4.74. The number of carbonyl (C=O) groups excluding carboxylic acids is 1. The monoisotopic (exact) mass is 388 g/mol. The number of thiophene rings is 1. The minimum Gasteiger partial charge on any atom is -0.489 e. The molecule has 0 radical (unpaired) electrons. The smallest absolute Gasteiger partial charge is 0.232 e. The fraction of sp³-hybridized carbons (Fsp3) is 0.125. The van der Waals surface area contributed by atoms with Crippen LogP contribution in [0.2, 0.25) is 0 Å². The van der Waals surface area contributed by atoms with E-state index in [1.165, 1.54) is 0 Å². The topological polar surface area (TPSA) is 35.5 Å². The summed E-state index contributed by atoms with van der Waals surface area (Å²) in [4.78, 5) is 13.8. The second kappa shape index (κ2) is 7.49. The number of hydrogen-bond donors (Lipinski definition) is 0. The van der Waals surface area contributed by atoms with Gasteiger partial charge in [-0.1, -0.05) is 36.9 Å². The molecule has 0 atom stereocenters. The van der Waals surface area contributed by atoms with E-state index in [2.05, 4.69) is 6.58 Å². The van der Waals surface area contributed by atoms with Gasteiger partial charge in [0.15, 0.2) is 5.76 Å². The van der Waals surface area contributed by atoms with E-state index in [0.29, 0.717) is 29.4 Å². The van der Waals surface area contributed by atoms with Crippen LogP contribution in [0.1, 0.15) is 37.5 Å². The lowest BCUT2D eigenvalue weighted by Crippen LogP contribution is -2.00. The van der Waals surface area contributed by atoms with Gasteiger partial charge in [-0.05, 0) is 53.6 Å². The largest absolute Gasteiger partial charge is 0.489 e. The lowest BCUT2D eigenvalue weighted by atomic mass is 10.0. The Bertz CT molecular complexity index is 1090. The van der Waals surface area contributed by atoms with E-state index in [9.17, 15) is 4.79 Å². The van der Waals surface area contributed by atoms with Crippen LogP contribution >= 0.6 is 11.3 Å². The first kappa shape index (κ1) is 18.3. The van der Waals surface area contributed by atoms with Crippen LogP contribution in [0, 0.1) is 13.8 Å². The molecule has 0 unspecified atom stereocenters. The summed E-state index contributed by atoms with van der Waals surface area (Å²) in [6.45, 7) is 8.14. The van der Waals surface area contributed by atoms with Gasteiger partial charge in [0.2, 0.25) is 5.78 Å². The minimum atomic E-state index is -0.0770. The number of ketones is 1. The maximum atomic E-state index is 12.8. The Morgan fingerprint density at radius 2 is 1.89 bits per heavy atom. The van der Waals surface area contributed by atoms with Gasteiger partial charge in [-0.15, -0.1) is 11.3 Å². The Labute approximate surface area is 168 Å². The third-order valence-electron chi connectivity index (χ3n) is 4.73. The fourth-order valence-corrected chi connectivity index (χ4v) is 3.98. The van der Waals surface area contributed by atoms with Gasteiger partial charge in [-0.2, -0.15) is 0 Å². The first-order valence-electron chi connectivity index (χ1n) is 9.02. The van der Waals surface area contributed by atoms with Crippen LogP contribution in [0.25, 0.3) is 12.2 Å². The van der Waals surface area contributed by atoms with Crippen molar-refractivity contribution in [1.29, 1.82) is 0 Å². The molecule has 0 saturated carbocycles. The number of aryl methyl sites for hydroxylation is 2. The standard InChI is InChI=1S/C24H20O3S/c1-4-17-5-7-18(8-6-17)14-26-19-11-16(3)23-20(12-19)27-21(24(23)25)13-22-15(2)9-10-28-22/h4-13H,1,14H2,2-3H3/b21-13-. The van der Waals surface area contributed by atoms with Gasteiger partial charge in [0.1, 0.15) is 18.1 Å². The molecular formula is C24H20O3S. The van der Waals surface area contributed by atoms with Crippen LogP contribution in [-0.2, 0) is 6.61 Å². The molecule has 3 nitrogen and oxygen atoms in total. The Balaban J connectivity index is 1.55. The van der Waals surface area contributed by atoms with Crippen molar-refractivity contribution in [3.63, 3.8) is 0 Å². The van der Waals surface area contributed by atoms with Gasteiger partial charge in [-0.3, -0.25) is 4.79 Å². The summed E-state index contributed by atoms with van der Waals surface area (Å²) in [5, 5.41) is 2.01. The van der Waals surface area contributed by atoms with Crippen LogP contribution in [0.15, 0.2) is 60.2 Å². The molecule has 1 aromatic heterocycles. The molecule has 0 N–H and O–H groups in total. The van der Waals surface area contributed by atoms with Gasteiger partial charge in [0, 0.05) is 17.0 Å². The van der Waals surface area contributed by atoms with Crippen LogP contribution in [0.4, 0.5) is 0 Å². The molecule has 2 aromatic carbocycles. The number of Topliss-reactive ketones (excluding diaryl/α,β-unsaturated/α-hetero) is 1. The van der Waals surface area contributed by atoms with Crippen molar-refractivity contribution in [2.24, 2.45) is 0 Å². The predicted octanol–water partition coefficient (Wildman–Crippen LogP) is 6.20. The molecule has 4 heteroatoms. The Morgan fingerprint density at radius 1 is 1.11 bits per heavy atom. The number of ether oxygens (including phenoxy) is 2. The molecule has 0 fully saturated rings. The Kier molecular flexibility index (Phi) is 4.88. The lowest BCUT2D eigenvalue weighted by Gasteiger charge is -2.09. The zero-order valence-corrected chi connectivity index (χ0v) is 16.6. The van der Waals surface area contributed by atoms with Crippen molar-refractivity contribution in [2.75, 3.05) is 0 Å². The first-order valence-corrected chi connectivity index (χ1v) is 9.90. The third kappa shape index (κ3) is 3.51. The first-order chi connectivity index (χ1) is 13.5. The van der Waals surface area contributed by atoms with Crippen molar-refractivity contribution in [3.05, 3.63) is 92.9 Å². The van der Waals surface area contributed by atoms with Gasteiger partial charge in [-0.25, -0.2) is 0 Å². The van der Waals surface area contributed by atoms with Crippen LogP contribution in [0.3, 0.4) is 0 Å². The lowest BCUT2D eigenvalue weighted by molar-refractivity contribution is 0.101. The maximum Gasteiger partial charge on any atom is 0.232 e. The quantitative estimate of drug-likeness (QED) is 0.488. The predicted molar refractivity (Wildman–Crippen MR) is 114 cm³/mol. The van der Waals surface area contributed by atoms with E-state index in [0.717, 1.165) is 27.1 Å². The molecule has 140 valence electrons. The molecule has 1 aliphatic rings. The SMILES string of the molecule is C=Cc1ccc(COc2cc(C)c3c(c2)O/C(=C\c2sccc2C)C3=O)cc1. The second-order valence-corrected chi connectivity index (χ2v) is 7.70. The van der Waals surface area contributed by atoms with Crippen LogP contribution in [-0.4, -0.2) is 5.78 Å². The van der Waals surface area contributed by atoms with Crippen LogP contribution in [0.5, 0.6) is 11.5 Å². The van der Waals surface area contributed by atoms with E-state index < -0.39 is 0 Å². The highest BCUT2D eigenvalue weighted by Crippen LogP contribution is 2.38. The van der Waals surface area contributed by atoms with Crippen molar-refractivity contribution in [3.8, 4) is 11.5 Å². The van der Waals surface area contributed by atoms with E-state index in [4.69, 9.17) is 9.47 Å². The van der Waals surface area contributed by atoms with Crippen molar-refractivity contribution < 1.29 is 14.3 Å². The summed E-state index contributed by atoms with van der Waals surface area (Å²) in [6, 6.07) is 13.7. The third-order valence-corrected chi connectivity index (χ3v) is 5.69. The number of allylic oxidation sites excluding steroid dienone is 1. The molecule has 0 aliphatic carbocycles. The van der Waals surface area contributed by atoms with Crippen molar-refractivity contribution >= 4 is 29.3 Å². The fourth-order valence-electron chi connectivity index (χ4n) is 3.13. The average molecular weight is 388 g/mol. The van der Waals surface area contributed by atoms with Gasteiger partial charge >= 0.3 is 0 Å². The highest BCUT2D eigenvalue weighted by atomic mass is 32.1. The molecule has 4 rings (SSSR count). The second-order valence-electron chi connectivity index (χ2n) is 6.76. The molecule has 2 heterocycles. The summed E-state index contributed by atoms with van der Waals surface area (Å²) in [5.74, 6) is 1.53. The molecule has 0 bridgehead atoms. The number of hydrogen-bond acceptors (Lipinski definition) is 4. The zero-order chi connectivity index (χ0) is 19.7. The average Bonchev–Trinajstić information content (AvgIpc) is 3.24. The number of fused-ring (bicyclic) bond motifs is 1. The van der Waals surface area contributed by atoms with Gasteiger partial charge < -0.3 is 9.47 Å². The zero-order valence-electron chi connectivity index (χ0n) is 15.8. The number of benzene rings is 2. The molecule has 0 saturated heterocycles. The van der Waals surface area contributed by atoms with Crippen molar-refractivity contribution in [1.82, 2.24) is 0 Å². The van der Waals surface area contributed by atoms with Crippen LogP contribution < -0.4 is 9.47 Å². The van der Waals surface area contributed by atoms with E-state index >= 15 is 0 Å². The normalized spacial score (nSPS) is 14.1. The van der Waals surface area contributed by atoms with E-state index in [1.54, 1.807) is 17.4 Å². The van der Waals surface area contributed by atoms with Gasteiger partial charge in [0.05, 0.1) is 5.56 Å². The molecular weight excluding hydrogens is 368 g/mol. The highest BCUT2D eigenvalue weighted by molar-refractivity contribution is 7.11. The van der Waals surface area contributed by atoms with E-state index in [1.807, 2.05) is 67.8 Å². The van der Waals surface area contributed by atoms with E-state index in [-0.39, 0.29) is 5.78 Å². The summed E-state index contributed by atoms with van der Waals surface area (Å²) in [6.07, 6.45) is 3.63. The summed E-state index contributed by atoms with van der Waals surface area (Å²) in [7, 11) is 0. The molecule has 1 aliphatic heterocycles. The van der Waals surface area contributed by atoms with Gasteiger partial charge in [0.25, 0.3) is 0 Å². The number of carbonyl (C=O) groups is 1. The Hall–Kier alpha value is -3.11. The maximum absolute atomic E-state index is 12.8. The highest BCUT2D eigenvalue weighted by Gasteiger charge is 2.30. The molecule has 3 aromatic rings. The van der Waals surface area contributed by atoms with Crippen molar-refractivity contribution in [2.45, 2.75) is 20.5 Å². The summed E-state index contributed by atoms with van der Waals surface area (Å²) >= 11 is 1.59. The molecule has 0 amide bonds. The number of rotatable bonds is 5. The molecule has 28 heavy (non-hydrogen) atoms.